The minimum absolute atomic E-state index is 0.203. The van der Waals surface area contributed by atoms with Gasteiger partial charge in [0.2, 0.25) is 0 Å². The van der Waals surface area contributed by atoms with Crippen molar-refractivity contribution >= 4 is 16.9 Å². The SMILES string of the molecule is CCCC(=C(C)C(=O)C(C)=C(CCC)c1ccccc1CCC)c1ccccc1CCC. The zero-order chi connectivity index (χ0) is 23.5. The molecule has 0 aliphatic carbocycles. The number of carbonyl (C=O) groups is 1. The van der Waals surface area contributed by atoms with Crippen LogP contribution in [0.3, 0.4) is 0 Å². The third-order valence-corrected chi connectivity index (χ3v) is 6.31. The number of rotatable bonds is 12. The van der Waals surface area contributed by atoms with Gasteiger partial charge < -0.3 is 0 Å². The van der Waals surface area contributed by atoms with Crippen LogP contribution in [0.15, 0.2) is 59.7 Å². The van der Waals surface area contributed by atoms with Crippen molar-refractivity contribution in [2.75, 3.05) is 0 Å². The second-order valence-corrected chi connectivity index (χ2v) is 8.85. The van der Waals surface area contributed by atoms with Crippen molar-refractivity contribution < 1.29 is 4.79 Å². The molecule has 0 saturated heterocycles. The molecule has 0 N–H and O–H groups in total. The van der Waals surface area contributed by atoms with Crippen molar-refractivity contribution in [1.82, 2.24) is 0 Å². The number of hydrogen-bond acceptors (Lipinski definition) is 1. The fraction of sp³-hybridized carbons (Fsp3) is 0.452. The normalized spacial score (nSPS) is 12.9. The molecule has 0 aromatic heterocycles. The molecule has 0 fully saturated rings. The number of ketones is 1. The highest BCUT2D eigenvalue weighted by Gasteiger charge is 2.20. The van der Waals surface area contributed by atoms with Crippen LogP contribution in [-0.2, 0) is 17.6 Å². The summed E-state index contributed by atoms with van der Waals surface area (Å²) in [6.07, 6.45) is 8.24. The lowest BCUT2D eigenvalue weighted by atomic mass is 9.85. The fourth-order valence-electron chi connectivity index (χ4n) is 4.71. The van der Waals surface area contributed by atoms with Crippen molar-refractivity contribution in [3.05, 3.63) is 81.9 Å². The molecule has 0 atom stereocenters. The molecule has 2 rings (SSSR count). The predicted molar refractivity (Wildman–Crippen MR) is 141 cm³/mol. The highest BCUT2D eigenvalue weighted by Crippen LogP contribution is 2.33. The van der Waals surface area contributed by atoms with E-state index in [2.05, 4.69) is 76.2 Å². The highest BCUT2D eigenvalue weighted by atomic mass is 16.1. The molecular formula is C31H42O. The monoisotopic (exact) mass is 430 g/mol. The quantitative estimate of drug-likeness (QED) is 0.307. The van der Waals surface area contributed by atoms with Crippen LogP contribution in [0.5, 0.6) is 0 Å². The Kier molecular flexibility index (Phi) is 10.7. The van der Waals surface area contributed by atoms with Crippen LogP contribution in [0, 0.1) is 0 Å². The smallest absolute Gasteiger partial charge is 0.185 e. The van der Waals surface area contributed by atoms with Crippen LogP contribution in [0.25, 0.3) is 11.1 Å². The molecule has 0 aliphatic heterocycles. The van der Waals surface area contributed by atoms with Gasteiger partial charge in [-0.2, -0.15) is 0 Å². The molecule has 2 aromatic carbocycles. The molecule has 0 radical (unpaired) electrons. The molecule has 0 saturated carbocycles. The zero-order valence-corrected chi connectivity index (χ0v) is 21.2. The Labute approximate surface area is 196 Å². The first kappa shape index (κ1) is 25.8. The number of benzene rings is 2. The molecule has 2 aromatic rings. The molecule has 0 bridgehead atoms. The number of hydrogen-bond donors (Lipinski definition) is 0. The van der Waals surface area contributed by atoms with Gasteiger partial charge in [0.1, 0.15) is 0 Å². The Bertz CT molecular complexity index is 880. The molecular weight excluding hydrogens is 388 g/mol. The van der Waals surface area contributed by atoms with Crippen molar-refractivity contribution in [3.63, 3.8) is 0 Å². The Balaban J connectivity index is 2.64. The molecule has 172 valence electrons. The van der Waals surface area contributed by atoms with Gasteiger partial charge in [-0.05, 0) is 72.9 Å². The molecule has 0 spiro atoms. The third-order valence-electron chi connectivity index (χ3n) is 6.31. The topological polar surface area (TPSA) is 17.1 Å². The maximum atomic E-state index is 13.8. The van der Waals surface area contributed by atoms with E-state index in [0.717, 1.165) is 62.5 Å². The van der Waals surface area contributed by atoms with E-state index < -0.39 is 0 Å². The fourth-order valence-corrected chi connectivity index (χ4v) is 4.71. The number of aryl methyl sites for hydroxylation is 2. The summed E-state index contributed by atoms with van der Waals surface area (Å²) in [4.78, 5) is 13.8. The maximum Gasteiger partial charge on any atom is 0.185 e. The Morgan fingerprint density at radius 3 is 1.31 bits per heavy atom. The van der Waals surface area contributed by atoms with Gasteiger partial charge >= 0.3 is 0 Å². The van der Waals surface area contributed by atoms with Crippen LogP contribution >= 0.6 is 0 Å². The van der Waals surface area contributed by atoms with Crippen LogP contribution in [0.2, 0.25) is 0 Å². The first-order valence-electron chi connectivity index (χ1n) is 12.6. The lowest BCUT2D eigenvalue weighted by Crippen LogP contribution is -2.09. The first-order valence-corrected chi connectivity index (χ1v) is 12.6. The summed E-state index contributed by atoms with van der Waals surface area (Å²) in [6.45, 7) is 12.9. The van der Waals surface area contributed by atoms with Crippen LogP contribution in [0.1, 0.15) is 102 Å². The Morgan fingerprint density at radius 1 is 0.594 bits per heavy atom. The van der Waals surface area contributed by atoms with Crippen molar-refractivity contribution in [1.29, 1.82) is 0 Å². The lowest BCUT2D eigenvalue weighted by molar-refractivity contribution is -0.112. The summed E-state index contributed by atoms with van der Waals surface area (Å²) in [5.74, 6) is 0.203. The number of carbonyl (C=O) groups excluding carboxylic acids is 1. The average Bonchev–Trinajstić information content (AvgIpc) is 2.81. The van der Waals surface area contributed by atoms with E-state index in [0.29, 0.717) is 0 Å². The molecule has 1 nitrogen and oxygen atoms in total. The Morgan fingerprint density at radius 2 is 0.969 bits per heavy atom. The number of allylic oxidation sites excluding steroid dienone is 4. The van der Waals surface area contributed by atoms with E-state index in [1.165, 1.54) is 33.4 Å². The summed E-state index contributed by atoms with van der Waals surface area (Å²) in [5, 5.41) is 0. The van der Waals surface area contributed by atoms with Gasteiger partial charge in [0.15, 0.2) is 5.78 Å². The average molecular weight is 431 g/mol. The van der Waals surface area contributed by atoms with E-state index in [1.807, 2.05) is 13.8 Å². The third kappa shape index (κ3) is 6.31. The highest BCUT2D eigenvalue weighted by molar-refractivity contribution is 6.15. The van der Waals surface area contributed by atoms with Crippen LogP contribution in [-0.4, -0.2) is 5.78 Å². The second-order valence-electron chi connectivity index (χ2n) is 8.85. The van der Waals surface area contributed by atoms with Gasteiger partial charge in [0, 0.05) is 11.1 Å². The van der Waals surface area contributed by atoms with Gasteiger partial charge in [-0.1, -0.05) is 102 Å². The number of Topliss-reactive ketones (excluding diaryl/α,β-unsaturated/α-hetero) is 1. The first-order chi connectivity index (χ1) is 15.5. The van der Waals surface area contributed by atoms with E-state index >= 15 is 0 Å². The van der Waals surface area contributed by atoms with E-state index in [9.17, 15) is 4.79 Å². The summed E-state index contributed by atoms with van der Waals surface area (Å²) in [7, 11) is 0. The molecule has 0 aliphatic rings. The predicted octanol–water partition coefficient (Wildman–Crippen LogP) is 9.01. The second kappa shape index (κ2) is 13.2. The van der Waals surface area contributed by atoms with Gasteiger partial charge in [-0.25, -0.2) is 0 Å². The van der Waals surface area contributed by atoms with Gasteiger partial charge in [-0.15, -0.1) is 0 Å². The van der Waals surface area contributed by atoms with Crippen molar-refractivity contribution in [2.45, 2.75) is 92.9 Å². The van der Waals surface area contributed by atoms with Crippen molar-refractivity contribution in [2.24, 2.45) is 0 Å². The van der Waals surface area contributed by atoms with Crippen LogP contribution in [0.4, 0.5) is 0 Å². The molecule has 32 heavy (non-hydrogen) atoms. The van der Waals surface area contributed by atoms with Gasteiger partial charge in [0.05, 0.1) is 0 Å². The lowest BCUT2D eigenvalue weighted by Gasteiger charge is -2.19. The Hall–Kier alpha value is -2.41. The molecule has 0 amide bonds. The minimum atomic E-state index is 0.203. The summed E-state index contributed by atoms with van der Waals surface area (Å²) >= 11 is 0. The van der Waals surface area contributed by atoms with Gasteiger partial charge in [-0.3, -0.25) is 4.79 Å². The largest absolute Gasteiger partial charge is 0.289 e. The van der Waals surface area contributed by atoms with Gasteiger partial charge in [0.25, 0.3) is 0 Å². The summed E-state index contributed by atoms with van der Waals surface area (Å²) in [5.41, 5.74) is 9.50. The summed E-state index contributed by atoms with van der Waals surface area (Å²) < 4.78 is 0. The standard InChI is InChI=1S/C31H42O/c1-7-15-25-19-11-13-21-29(25)27(17-9-3)23(5)31(32)24(6)28(18-10-4)30-22-14-12-20-26(30)16-8-2/h11-14,19-22H,7-10,15-18H2,1-6H3. The van der Waals surface area contributed by atoms with E-state index in [1.54, 1.807) is 0 Å². The molecule has 0 heterocycles. The van der Waals surface area contributed by atoms with E-state index in [-0.39, 0.29) is 5.78 Å². The molecule has 1 heteroatoms. The summed E-state index contributed by atoms with van der Waals surface area (Å²) in [6, 6.07) is 17.3. The molecule has 0 unspecified atom stereocenters. The van der Waals surface area contributed by atoms with Crippen molar-refractivity contribution in [3.8, 4) is 0 Å². The zero-order valence-electron chi connectivity index (χ0n) is 21.2. The minimum Gasteiger partial charge on any atom is -0.289 e. The van der Waals surface area contributed by atoms with Crippen LogP contribution < -0.4 is 0 Å². The van der Waals surface area contributed by atoms with E-state index in [4.69, 9.17) is 0 Å². The maximum absolute atomic E-state index is 13.8.